The second kappa shape index (κ2) is 4.48. The van der Waals surface area contributed by atoms with E-state index in [1.54, 1.807) is 0 Å². The van der Waals surface area contributed by atoms with Crippen molar-refractivity contribution in [1.82, 2.24) is 0 Å². The minimum atomic E-state index is 0.0677. The van der Waals surface area contributed by atoms with Crippen molar-refractivity contribution in [2.75, 3.05) is 6.61 Å². The van der Waals surface area contributed by atoms with Crippen LogP contribution in [0.1, 0.15) is 32.1 Å². The highest BCUT2D eigenvalue weighted by Gasteiger charge is 2.40. The van der Waals surface area contributed by atoms with Gasteiger partial charge in [0.1, 0.15) is 5.78 Å². The van der Waals surface area contributed by atoms with E-state index in [0.717, 1.165) is 25.7 Å². The van der Waals surface area contributed by atoms with Gasteiger partial charge in [0, 0.05) is 18.9 Å². The zero-order valence-corrected chi connectivity index (χ0v) is 9.19. The molecule has 2 rings (SSSR count). The molecule has 0 aliphatic heterocycles. The van der Waals surface area contributed by atoms with Gasteiger partial charge in [-0.3, -0.25) is 4.79 Å². The number of carbonyl (C=O) groups excluding carboxylic acids is 1. The van der Waals surface area contributed by atoms with Gasteiger partial charge in [0.2, 0.25) is 0 Å². The molecule has 2 heteroatoms. The predicted molar refractivity (Wildman–Crippen MR) is 59.3 cm³/mol. The van der Waals surface area contributed by atoms with Crippen LogP contribution in [0.5, 0.6) is 0 Å². The van der Waals surface area contributed by atoms with Crippen molar-refractivity contribution in [3.05, 3.63) is 12.7 Å². The highest BCUT2D eigenvalue weighted by molar-refractivity contribution is 5.83. The molecule has 15 heavy (non-hydrogen) atoms. The first-order chi connectivity index (χ1) is 7.26. The third kappa shape index (κ3) is 2.00. The van der Waals surface area contributed by atoms with E-state index < -0.39 is 0 Å². The van der Waals surface area contributed by atoms with E-state index in [2.05, 4.69) is 6.58 Å². The smallest absolute Gasteiger partial charge is 0.140 e. The van der Waals surface area contributed by atoms with Crippen LogP contribution in [0.15, 0.2) is 12.7 Å². The molecule has 2 aliphatic rings. The number of fused-ring (bicyclic) bond motifs is 1. The predicted octanol–water partition coefficient (Wildman–Crippen LogP) is 2.18. The fourth-order valence-corrected chi connectivity index (χ4v) is 3.36. The molecule has 0 aromatic heterocycles. The second-order valence-corrected chi connectivity index (χ2v) is 5.05. The molecule has 2 saturated carbocycles. The van der Waals surface area contributed by atoms with Crippen molar-refractivity contribution < 1.29 is 9.90 Å². The normalized spacial score (nSPS) is 41.0. The minimum absolute atomic E-state index is 0.0677. The van der Waals surface area contributed by atoms with Crippen LogP contribution in [-0.4, -0.2) is 17.5 Å². The van der Waals surface area contributed by atoms with Gasteiger partial charge in [0.25, 0.3) is 0 Å². The molecule has 0 radical (unpaired) electrons. The molecule has 84 valence electrons. The molecule has 0 bridgehead atoms. The van der Waals surface area contributed by atoms with E-state index in [-0.39, 0.29) is 12.5 Å². The molecule has 0 aromatic rings. The minimum Gasteiger partial charge on any atom is -0.396 e. The fraction of sp³-hybridized carbons (Fsp3) is 0.769. The van der Waals surface area contributed by atoms with E-state index in [1.807, 2.05) is 6.08 Å². The Morgan fingerprint density at radius 3 is 2.87 bits per heavy atom. The van der Waals surface area contributed by atoms with Gasteiger partial charge in [-0.25, -0.2) is 0 Å². The molecule has 2 aliphatic carbocycles. The van der Waals surface area contributed by atoms with E-state index in [0.29, 0.717) is 23.5 Å². The van der Waals surface area contributed by atoms with Crippen molar-refractivity contribution in [2.24, 2.45) is 23.7 Å². The Labute approximate surface area is 91.4 Å². The summed E-state index contributed by atoms with van der Waals surface area (Å²) >= 11 is 0. The molecular weight excluding hydrogens is 188 g/mol. The maximum Gasteiger partial charge on any atom is 0.140 e. The lowest BCUT2D eigenvalue weighted by Gasteiger charge is -2.42. The van der Waals surface area contributed by atoms with Crippen LogP contribution in [0, 0.1) is 23.7 Å². The topological polar surface area (TPSA) is 37.3 Å². The molecule has 2 fully saturated rings. The first kappa shape index (κ1) is 10.9. The zero-order valence-electron chi connectivity index (χ0n) is 9.19. The zero-order chi connectivity index (χ0) is 10.8. The maximum absolute atomic E-state index is 11.7. The van der Waals surface area contributed by atoms with Crippen LogP contribution in [0.4, 0.5) is 0 Å². The Kier molecular flexibility index (Phi) is 3.25. The Hall–Kier alpha value is -0.630. The van der Waals surface area contributed by atoms with Crippen molar-refractivity contribution in [1.29, 1.82) is 0 Å². The highest BCUT2D eigenvalue weighted by Crippen LogP contribution is 2.44. The van der Waals surface area contributed by atoms with Crippen molar-refractivity contribution >= 4 is 5.78 Å². The number of hydrogen-bond acceptors (Lipinski definition) is 2. The van der Waals surface area contributed by atoms with Gasteiger partial charge < -0.3 is 5.11 Å². The number of hydrogen-bond donors (Lipinski definition) is 1. The van der Waals surface area contributed by atoms with Crippen molar-refractivity contribution in [3.8, 4) is 0 Å². The van der Waals surface area contributed by atoms with E-state index in [1.165, 1.54) is 6.42 Å². The second-order valence-electron chi connectivity index (χ2n) is 5.05. The molecule has 4 unspecified atom stereocenters. The summed E-state index contributed by atoms with van der Waals surface area (Å²) in [6, 6.07) is 0. The summed E-state index contributed by atoms with van der Waals surface area (Å²) in [6.45, 7) is 4.07. The molecule has 4 atom stereocenters. The molecule has 0 spiro atoms. The SMILES string of the molecule is C=CC1C(=O)CCC2CCC(CO)CC21. The number of rotatable bonds is 2. The van der Waals surface area contributed by atoms with Crippen LogP contribution in [-0.2, 0) is 4.79 Å². The van der Waals surface area contributed by atoms with Crippen LogP contribution in [0.2, 0.25) is 0 Å². The summed E-state index contributed by atoms with van der Waals surface area (Å²) in [4.78, 5) is 11.7. The summed E-state index contributed by atoms with van der Waals surface area (Å²) in [5.41, 5.74) is 0. The Bertz CT molecular complexity index is 259. The lowest BCUT2D eigenvalue weighted by molar-refractivity contribution is -0.127. The number of Topliss-reactive ketones (excluding diaryl/α,β-unsaturated/α-hetero) is 1. The average Bonchev–Trinajstić information content (AvgIpc) is 2.28. The number of aliphatic hydroxyl groups excluding tert-OH is 1. The summed E-state index contributed by atoms with van der Waals surface area (Å²) < 4.78 is 0. The van der Waals surface area contributed by atoms with E-state index in [9.17, 15) is 9.90 Å². The number of ketones is 1. The summed E-state index contributed by atoms with van der Waals surface area (Å²) in [5, 5.41) is 9.20. The standard InChI is InChI=1S/C13H20O2/c1-2-11-12-7-9(8-14)3-4-10(12)5-6-13(11)15/h2,9-12,14H,1,3-8H2. The average molecular weight is 208 g/mol. The van der Waals surface area contributed by atoms with Gasteiger partial charge in [-0.05, 0) is 43.4 Å². The van der Waals surface area contributed by atoms with Crippen molar-refractivity contribution in [2.45, 2.75) is 32.1 Å². The van der Waals surface area contributed by atoms with Gasteiger partial charge in [-0.2, -0.15) is 0 Å². The number of aliphatic hydroxyl groups is 1. The first-order valence-corrected chi connectivity index (χ1v) is 6.02. The van der Waals surface area contributed by atoms with Gasteiger partial charge in [0.15, 0.2) is 0 Å². The Morgan fingerprint density at radius 1 is 1.40 bits per heavy atom. The summed E-state index contributed by atoms with van der Waals surface area (Å²) in [6.07, 6.45) is 6.97. The molecule has 2 nitrogen and oxygen atoms in total. The highest BCUT2D eigenvalue weighted by atomic mass is 16.3. The summed E-state index contributed by atoms with van der Waals surface area (Å²) in [7, 11) is 0. The van der Waals surface area contributed by atoms with Crippen molar-refractivity contribution in [3.63, 3.8) is 0 Å². The van der Waals surface area contributed by atoms with E-state index >= 15 is 0 Å². The van der Waals surface area contributed by atoms with Gasteiger partial charge in [-0.1, -0.05) is 6.08 Å². The van der Waals surface area contributed by atoms with Crippen LogP contribution < -0.4 is 0 Å². The molecular formula is C13H20O2. The lowest BCUT2D eigenvalue weighted by atomic mass is 9.62. The third-order valence-corrected chi connectivity index (χ3v) is 4.26. The van der Waals surface area contributed by atoms with Crippen LogP contribution in [0.25, 0.3) is 0 Å². The Morgan fingerprint density at radius 2 is 2.20 bits per heavy atom. The number of carbonyl (C=O) groups is 1. The molecule has 0 saturated heterocycles. The molecule has 0 heterocycles. The summed E-state index contributed by atoms with van der Waals surface area (Å²) in [5.74, 6) is 2.02. The van der Waals surface area contributed by atoms with Gasteiger partial charge in [-0.15, -0.1) is 6.58 Å². The quantitative estimate of drug-likeness (QED) is 0.706. The first-order valence-electron chi connectivity index (χ1n) is 6.02. The molecule has 0 amide bonds. The van der Waals surface area contributed by atoms with Gasteiger partial charge in [0.05, 0.1) is 0 Å². The Balaban J connectivity index is 2.10. The largest absolute Gasteiger partial charge is 0.396 e. The third-order valence-electron chi connectivity index (χ3n) is 4.26. The maximum atomic E-state index is 11.7. The molecule has 0 aromatic carbocycles. The van der Waals surface area contributed by atoms with E-state index in [4.69, 9.17) is 0 Å². The molecule has 1 N–H and O–H groups in total. The van der Waals surface area contributed by atoms with Crippen LogP contribution >= 0.6 is 0 Å². The number of allylic oxidation sites excluding steroid dienone is 1. The van der Waals surface area contributed by atoms with Gasteiger partial charge >= 0.3 is 0 Å². The lowest BCUT2D eigenvalue weighted by Crippen LogP contribution is -2.38. The van der Waals surface area contributed by atoms with Crippen LogP contribution in [0.3, 0.4) is 0 Å². The monoisotopic (exact) mass is 208 g/mol. The fourth-order valence-electron chi connectivity index (χ4n) is 3.36.